The standard InChI is InChI=1S/C22H19Cl2N3O6/c1-12(28)13-2-5-16(6-3-13)25-19(29)11-33-22(32)15-9-20(30)27(10-15)26-21(31)14-4-7-17(23)18(24)8-14/h2-8,15H,9-11H2,1H3,(H,25,29)(H,26,31)/t15-/m1/s1. The minimum atomic E-state index is -0.839. The number of hydrogen-bond acceptors (Lipinski definition) is 6. The lowest BCUT2D eigenvalue weighted by Crippen LogP contribution is -2.43. The van der Waals surface area contributed by atoms with Crippen LogP contribution in [0.5, 0.6) is 0 Å². The lowest BCUT2D eigenvalue weighted by molar-refractivity contribution is -0.151. The molecule has 1 aliphatic heterocycles. The summed E-state index contributed by atoms with van der Waals surface area (Å²) in [6, 6.07) is 10.5. The molecule has 0 radical (unpaired) electrons. The first-order valence-electron chi connectivity index (χ1n) is 9.78. The Hall–Kier alpha value is -3.43. The fourth-order valence-corrected chi connectivity index (χ4v) is 3.34. The second-order valence-corrected chi connectivity index (χ2v) is 8.08. The zero-order valence-electron chi connectivity index (χ0n) is 17.4. The van der Waals surface area contributed by atoms with E-state index >= 15 is 0 Å². The summed E-state index contributed by atoms with van der Waals surface area (Å²) in [5.41, 5.74) is 3.55. The molecule has 0 aliphatic carbocycles. The molecule has 1 saturated heterocycles. The number of esters is 1. The first-order valence-corrected chi connectivity index (χ1v) is 10.5. The summed E-state index contributed by atoms with van der Waals surface area (Å²) >= 11 is 11.7. The van der Waals surface area contributed by atoms with Gasteiger partial charge in [0, 0.05) is 23.2 Å². The van der Waals surface area contributed by atoms with E-state index in [1.54, 1.807) is 24.3 Å². The van der Waals surface area contributed by atoms with Crippen LogP contribution >= 0.6 is 23.2 Å². The van der Waals surface area contributed by atoms with Gasteiger partial charge in [-0.05, 0) is 49.4 Å². The summed E-state index contributed by atoms with van der Waals surface area (Å²) in [6.45, 7) is 0.785. The van der Waals surface area contributed by atoms with Crippen LogP contribution in [-0.2, 0) is 19.1 Å². The molecule has 3 amide bonds. The smallest absolute Gasteiger partial charge is 0.311 e. The number of ether oxygens (including phenoxy) is 1. The highest BCUT2D eigenvalue weighted by molar-refractivity contribution is 6.42. The van der Waals surface area contributed by atoms with Gasteiger partial charge in [-0.25, -0.2) is 0 Å². The van der Waals surface area contributed by atoms with Crippen molar-refractivity contribution in [2.24, 2.45) is 5.92 Å². The number of carbonyl (C=O) groups excluding carboxylic acids is 5. The van der Waals surface area contributed by atoms with Gasteiger partial charge in [0.15, 0.2) is 12.4 Å². The quantitative estimate of drug-likeness (QED) is 0.453. The highest BCUT2D eigenvalue weighted by Gasteiger charge is 2.36. The first kappa shape index (κ1) is 24.2. The highest BCUT2D eigenvalue weighted by atomic mass is 35.5. The molecule has 33 heavy (non-hydrogen) atoms. The molecule has 0 saturated carbocycles. The van der Waals surface area contributed by atoms with Crippen LogP contribution in [0, 0.1) is 5.92 Å². The number of Topliss-reactive ketones (excluding diaryl/α,β-unsaturated/α-hetero) is 1. The lowest BCUT2D eigenvalue weighted by atomic mass is 10.1. The van der Waals surface area contributed by atoms with E-state index in [-0.39, 0.29) is 34.4 Å². The van der Waals surface area contributed by atoms with Gasteiger partial charge in [0.1, 0.15) is 0 Å². The first-order chi connectivity index (χ1) is 15.6. The van der Waals surface area contributed by atoms with Crippen molar-refractivity contribution in [1.82, 2.24) is 10.4 Å². The number of anilines is 1. The maximum absolute atomic E-state index is 12.3. The van der Waals surface area contributed by atoms with Crippen LogP contribution in [0.15, 0.2) is 42.5 Å². The molecule has 1 atom stereocenters. The predicted octanol–water partition coefficient (Wildman–Crippen LogP) is 2.87. The van der Waals surface area contributed by atoms with Crippen LogP contribution in [-0.4, -0.2) is 47.6 Å². The summed E-state index contributed by atoms with van der Waals surface area (Å²) in [7, 11) is 0. The Balaban J connectivity index is 1.48. The normalized spacial score (nSPS) is 15.2. The zero-order chi connectivity index (χ0) is 24.1. The number of halogens is 2. The van der Waals surface area contributed by atoms with E-state index < -0.39 is 36.2 Å². The van der Waals surface area contributed by atoms with Crippen LogP contribution in [0.4, 0.5) is 5.69 Å². The third-order valence-corrected chi connectivity index (χ3v) is 5.54. The molecule has 2 aromatic rings. The average molecular weight is 492 g/mol. The fourth-order valence-electron chi connectivity index (χ4n) is 3.04. The number of ketones is 1. The number of hydrogen-bond donors (Lipinski definition) is 2. The number of amides is 3. The molecule has 172 valence electrons. The zero-order valence-corrected chi connectivity index (χ0v) is 18.9. The van der Waals surface area contributed by atoms with Crippen molar-refractivity contribution in [3.05, 3.63) is 63.6 Å². The van der Waals surface area contributed by atoms with Crippen molar-refractivity contribution in [3.8, 4) is 0 Å². The number of nitrogens with one attached hydrogen (secondary N) is 2. The van der Waals surface area contributed by atoms with Gasteiger partial charge in [-0.2, -0.15) is 0 Å². The van der Waals surface area contributed by atoms with E-state index in [0.29, 0.717) is 11.3 Å². The largest absolute Gasteiger partial charge is 0.455 e. The van der Waals surface area contributed by atoms with Crippen LogP contribution in [0.25, 0.3) is 0 Å². The number of nitrogens with zero attached hydrogens (tertiary/aromatic N) is 1. The minimum Gasteiger partial charge on any atom is -0.455 e. The third kappa shape index (κ3) is 6.30. The monoisotopic (exact) mass is 491 g/mol. The summed E-state index contributed by atoms with van der Waals surface area (Å²) in [4.78, 5) is 60.1. The number of rotatable bonds is 7. The molecule has 9 nitrogen and oxygen atoms in total. The molecule has 0 aromatic heterocycles. The van der Waals surface area contributed by atoms with Gasteiger partial charge < -0.3 is 10.1 Å². The van der Waals surface area contributed by atoms with E-state index in [9.17, 15) is 24.0 Å². The molecule has 2 N–H and O–H groups in total. The lowest BCUT2D eigenvalue weighted by Gasteiger charge is -2.17. The highest BCUT2D eigenvalue weighted by Crippen LogP contribution is 2.23. The molecule has 2 aromatic carbocycles. The molecule has 1 fully saturated rings. The third-order valence-electron chi connectivity index (χ3n) is 4.80. The Kier molecular flexibility index (Phi) is 7.67. The molecule has 1 heterocycles. The second kappa shape index (κ2) is 10.5. The molecule has 0 unspecified atom stereocenters. The fraction of sp³-hybridized carbons (Fsp3) is 0.227. The molecular formula is C22H19Cl2N3O6. The second-order valence-electron chi connectivity index (χ2n) is 7.26. The number of carbonyl (C=O) groups is 5. The van der Waals surface area contributed by atoms with E-state index in [2.05, 4.69) is 10.7 Å². The average Bonchev–Trinajstić information content (AvgIpc) is 3.14. The summed E-state index contributed by atoms with van der Waals surface area (Å²) in [5.74, 6) is -3.32. The molecule has 1 aliphatic rings. The van der Waals surface area contributed by atoms with E-state index in [0.717, 1.165) is 5.01 Å². The molecule has 3 rings (SSSR count). The Morgan fingerprint density at radius 3 is 2.33 bits per heavy atom. The predicted molar refractivity (Wildman–Crippen MR) is 120 cm³/mol. The van der Waals surface area contributed by atoms with Crippen molar-refractivity contribution in [3.63, 3.8) is 0 Å². The Morgan fingerprint density at radius 2 is 1.70 bits per heavy atom. The molecular weight excluding hydrogens is 473 g/mol. The summed E-state index contributed by atoms with van der Waals surface area (Å²) < 4.78 is 5.01. The SMILES string of the molecule is CC(=O)c1ccc(NC(=O)COC(=O)[C@@H]2CC(=O)N(NC(=O)c3ccc(Cl)c(Cl)c3)C2)cc1. The van der Waals surface area contributed by atoms with Crippen LogP contribution in [0.3, 0.4) is 0 Å². The van der Waals surface area contributed by atoms with Gasteiger partial charge in [0.25, 0.3) is 11.8 Å². The van der Waals surface area contributed by atoms with E-state index in [1.165, 1.54) is 25.1 Å². The maximum atomic E-state index is 12.3. The van der Waals surface area contributed by atoms with Crippen molar-refractivity contribution in [2.45, 2.75) is 13.3 Å². The van der Waals surface area contributed by atoms with E-state index in [4.69, 9.17) is 27.9 Å². The Morgan fingerprint density at radius 1 is 1.03 bits per heavy atom. The molecule has 0 spiro atoms. The van der Waals surface area contributed by atoms with Crippen molar-refractivity contribution in [2.75, 3.05) is 18.5 Å². The number of benzene rings is 2. The van der Waals surface area contributed by atoms with Crippen LogP contribution < -0.4 is 10.7 Å². The van der Waals surface area contributed by atoms with Crippen molar-refractivity contribution >= 4 is 58.4 Å². The molecule has 0 bridgehead atoms. The van der Waals surface area contributed by atoms with Crippen LogP contribution in [0.1, 0.15) is 34.1 Å². The van der Waals surface area contributed by atoms with Gasteiger partial charge in [0.05, 0.1) is 22.5 Å². The maximum Gasteiger partial charge on any atom is 0.311 e. The van der Waals surface area contributed by atoms with Gasteiger partial charge in [-0.3, -0.25) is 34.4 Å². The Labute approximate surface area is 198 Å². The van der Waals surface area contributed by atoms with Gasteiger partial charge in [0.2, 0.25) is 5.91 Å². The van der Waals surface area contributed by atoms with Crippen molar-refractivity contribution in [1.29, 1.82) is 0 Å². The van der Waals surface area contributed by atoms with Gasteiger partial charge in [-0.1, -0.05) is 23.2 Å². The Bertz CT molecular complexity index is 1120. The van der Waals surface area contributed by atoms with Gasteiger partial charge in [-0.15, -0.1) is 0 Å². The van der Waals surface area contributed by atoms with Gasteiger partial charge >= 0.3 is 5.97 Å². The topological polar surface area (TPSA) is 122 Å². The molecule has 11 heteroatoms. The number of hydrazine groups is 1. The van der Waals surface area contributed by atoms with Crippen LogP contribution in [0.2, 0.25) is 10.0 Å². The summed E-state index contributed by atoms with van der Waals surface area (Å²) in [6.07, 6.45) is -0.172. The van der Waals surface area contributed by atoms with E-state index in [1.807, 2.05) is 0 Å². The minimum absolute atomic E-state index is 0.0984. The van der Waals surface area contributed by atoms with Crippen molar-refractivity contribution < 1.29 is 28.7 Å². The summed E-state index contributed by atoms with van der Waals surface area (Å²) in [5, 5.41) is 4.03.